The van der Waals surface area contributed by atoms with Crippen LogP contribution in [0.2, 0.25) is 0 Å². The Labute approximate surface area is 388 Å². The van der Waals surface area contributed by atoms with Gasteiger partial charge in [-0.3, -0.25) is 0 Å². The molecule has 0 bridgehead atoms. The molecule has 11 aromatic rings. The first kappa shape index (κ1) is 36.3. The fraction of sp³-hybridized carbons (Fsp3) is 0.108. The van der Waals surface area contributed by atoms with Gasteiger partial charge in [-0.2, -0.15) is 0 Å². The maximum Gasteiger partial charge on any atom is 0.136 e. The second-order valence-corrected chi connectivity index (χ2v) is 19.7. The highest BCUT2D eigenvalue weighted by atomic mass is 16.3. The zero-order valence-electron chi connectivity index (χ0n) is 36.9. The van der Waals surface area contributed by atoms with E-state index in [9.17, 15) is 0 Å². The van der Waals surface area contributed by atoms with Crippen LogP contribution in [0, 0.1) is 0 Å². The van der Waals surface area contributed by atoms with Crippen molar-refractivity contribution in [3.8, 4) is 44.5 Å². The van der Waals surface area contributed by atoms with Crippen molar-refractivity contribution < 1.29 is 8.83 Å². The monoisotopic (exact) mass is 854 g/mol. The maximum atomic E-state index is 6.96. The van der Waals surface area contributed by atoms with Gasteiger partial charge in [-0.15, -0.1) is 0 Å². The molecule has 9 aromatic carbocycles. The summed E-state index contributed by atoms with van der Waals surface area (Å²) in [6, 6.07) is 73.1. The molecule has 2 heterocycles. The van der Waals surface area contributed by atoms with Crippen molar-refractivity contribution in [1.82, 2.24) is 0 Å². The lowest BCUT2D eigenvalue weighted by Gasteiger charge is -2.31. The Morgan fingerprint density at radius 1 is 0.448 bits per heavy atom. The highest BCUT2D eigenvalue weighted by molar-refractivity contribution is 6.09. The van der Waals surface area contributed by atoms with Crippen molar-refractivity contribution in [2.75, 3.05) is 0 Å². The van der Waals surface area contributed by atoms with Crippen LogP contribution in [0.3, 0.4) is 0 Å². The van der Waals surface area contributed by atoms with Crippen molar-refractivity contribution in [1.29, 1.82) is 0 Å². The molecule has 0 amide bonds. The van der Waals surface area contributed by atoms with E-state index in [1.807, 2.05) is 0 Å². The molecule has 0 aliphatic heterocycles. The second kappa shape index (κ2) is 12.9. The van der Waals surface area contributed by atoms with Gasteiger partial charge in [0.05, 0.1) is 5.41 Å². The minimum absolute atomic E-state index is 0.144. The maximum absolute atomic E-state index is 6.96. The number of para-hydroxylation sites is 2. The largest absolute Gasteiger partial charge is 0.460 e. The van der Waals surface area contributed by atoms with Crippen LogP contribution in [0.25, 0.3) is 83.0 Å². The van der Waals surface area contributed by atoms with Crippen molar-refractivity contribution >= 4 is 38.5 Å². The molecule has 3 atom stereocenters. The summed E-state index contributed by atoms with van der Waals surface area (Å²) in [7, 11) is 0. The number of rotatable bonds is 3. The van der Waals surface area contributed by atoms with Gasteiger partial charge in [0.25, 0.3) is 0 Å². The van der Waals surface area contributed by atoms with Gasteiger partial charge < -0.3 is 8.83 Å². The molecule has 5 aliphatic rings. The highest BCUT2D eigenvalue weighted by Gasteiger charge is 2.53. The van der Waals surface area contributed by atoms with Crippen molar-refractivity contribution in [3.05, 3.63) is 256 Å². The van der Waals surface area contributed by atoms with Crippen molar-refractivity contribution in [2.45, 2.75) is 42.9 Å². The van der Waals surface area contributed by atoms with Gasteiger partial charge in [-0.1, -0.05) is 182 Å². The third-order valence-electron chi connectivity index (χ3n) is 16.6. The molecule has 1 spiro atoms. The molecule has 2 heteroatoms. The summed E-state index contributed by atoms with van der Waals surface area (Å²) in [4.78, 5) is 0. The summed E-state index contributed by atoms with van der Waals surface area (Å²) < 4.78 is 13.4. The van der Waals surface area contributed by atoms with Gasteiger partial charge in [-0.05, 0) is 138 Å². The quantitative estimate of drug-likeness (QED) is 0.177. The smallest absolute Gasteiger partial charge is 0.136 e. The summed E-state index contributed by atoms with van der Waals surface area (Å²) in [5.74, 6) is 1.81. The fourth-order valence-corrected chi connectivity index (χ4v) is 13.7. The first-order chi connectivity index (χ1) is 33.1. The van der Waals surface area contributed by atoms with E-state index in [2.05, 4.69) is 201 Å². The Bertz CT molecular complexity index is 3990. The molecule has 2 aromatic heterocycles. The summed E-state index contributed by atoms with van der Waals surface area (Å²) in [6.07, 6.45) is 1.97. The van der Waals surface area contributed by atoms with E-state index < -0.39 is 5.41 Å². The number of allylic oxidation sites excluding steroid dienone is 1. The van der Waals surface area contributed by atoms with Crippen LogP contribution in [-0.4, -0.2) is 0 Å². The lowest BCUT2D eigenvalue weighted by Crippen LogP contribution is -2.25. The van der Waals surface area contributed by atoms with E-state index >= 15 is 0 Å². The van der Waals surface area contributed by atoms with E-state index in [1.54, 1.807) is 5.57 Å². The molecule has 1 fully saturated rings. The highest BCUT2D eigenvalue weighted by Crippen LogP contribution is 2.67. The summed E-state index contributed by atoms with van der Waals surface area (Å²) in [6.45, 7) is 2.42. The van der Waals surface area contributed by atoms with Crippen LogP contribution < -0.4 is 0 Å². The van der Waals surface area contributed by atoms with Crippen LogP contribution >= 0.6 is 0 Å². The molecule has 67 heavy (non-hydrogen) atoms. The number of fused-ring (bicyclic) bond motifs is 24. The Hall–Kier alpha value is -7.94. The minimum atomic E-state index is -0.397. The van der Waals surface area contributed by atoms with E-state index in [0.29, 0.717) is 5.92 Å². The van der Waals surface area contributed by atoms with Gasteiger partial charge >= 0.3 is 0 Å². The first-order valence-corrected chi connectivity index (χ1v) is 24.0. The molecular formula is C65H42O2. The average molecular weight is 855 g/mol. The lowest BCUT2D eigenvalue weighted by molar-refractivity contribution is 0.444. The van der Waals surface area contributed by atoms with E-state index in [0.717, 1.165) is 35.4 Å². The van der Waals surface area contributed by atoms with Crippen LogP contribution in [-0.2, 0) is 11.8 Å². The molecule has 5 aliphatic carbocycles. The van der Waals surface area contributed by atoms with E-state index in [1.165, 1.54) is 116 Å². The van der Waals surface area contributed by atoms with Gasteiger partial charge in [0.1, 0.15) is 22.5 Å². The van der Waals surface area contributed by atoms with Crippen molar-refractivity contribution in [3.63, 3.8) is 0 Å². The molecule has 3 unspecified atom stereocenters. The zero-order chi connectivity index (χ0) is 43.7. The molecule has 1 saturated carbocycles. The van der Waals surface area contributed by atoms with Crippen LogP contribution in [0.4, 0.5) is 0 Å². The van der Waals surface area contributed by atoms with E-state index in [4.69, 9.17) is 8.83 Å². The zero-order valence-corrected chi connectivity index (χ0v) is 36.9. The topological polar surface area (TPSA) is 26.3 Å². The Morgan fingerprint density at radius 3 is 1.90 bits per heavy atom. The molecule has 0 radical (unpaired) electrons. The summed E-state index contributed by atoms with van der Waals surface area (Å²) >= 11 is 0. The second-order valence-electron chi connectivity index (χ2n) is 19.7. The first-order valence-electron chi connectivity index (χ1n) is 24.0. The van der Waals surface area contributed by atoms with E-state index in [-0.39, 0.29) is 11.8 Å². The van der Waals surface area contributed by atoms with Gasteiger partial charge in [-0.25, -0.2) is 0 Å². The third-order valence-corrected chi connectivity index (χ3v) is 16.6. The van der Waals surface area contributed by atoms with Crippen molar-refractivity contribution in [2.24, 2.45) is 0 Å². The van der Waals surface area contributed by atoms with Gasteiger partial charge in [0.2, 0.25) is 0 Å². The molecule has 314 valence electrons. The number of hydrogen-bond donors (Lipinski definition) is 0. The number of furan rings is 2. The Kier molecular flexibility index (Phi) is 6.99. The standard InChI is InChI=1S/C65H42O2/c1-36(48-32-39-33-51-43-20-7-12-27-57(43)66-59(51)35-49(39)62-46-23-8-13-28-58(46)67-64(48)62)37-15-14-16-38(31-37)60-47-29-30-56-63(61(47)44-21-3-2-17-40(44)50-34-52(50)60)45-22-6-11-26-55(45)65(56)53-24-9-4-18-41(53)42-19-5-10-25-54(42)65/h2-31,33,35-36,48,50H,32,34H2,1H3. The Balaban J connectivity index is 0.882. The SMILES string of the molecule is CC(c1cccc(C2=C3CC3c3ccccc3-c3c2ccc2c3-c3ccccc3C23c2ccccc2-c2ccccc23)c1)C1Cc2cc3c(cc2-c2c1oc1ccccc21)oc1ccccc13. The average Bonchev–Trinajstić information content (AvgIpc) is 3.66. The molecule has 0 N–H and O–H groups in total. The Morgan fingerprint density at radius 2 is 1.10 bits per heavy atom. The van der Waals surface area contributed by atoms with Crippen LogP contribution in [0.15, 0.2) is 209 Å². The predicted molar refractivity (Wildman–Crippen MR) is 272 cm³/mol. The summed E-state index contributed by atoms with van der Waals surface area (Å²) in [5, 5.41) is 3.52. The normalized spacial score (nSPS) is 17.8. The molecule has 0 saturated heterocycles. The molecule has 16 rings (SSSR count). The molecular weight excluding hydrogens is 813 g/mol. The minimum Gasteiger partial charge on any atom is -0.460 e. The fourth-order valence-electron chi connectivity index (χ4n) is 13.7. The van der Waals surface area contributed by atoms with Crippen LogP contribution in [0.5, 0.6) is 0 Å². The van der Waals surface area contributed by atoms with Gasteiger partial charge in [0.15, 0.2) is 0 Å². The number of hydrogen-bond acceptors (Lipinski definition) is 2. The third kappa shape index (κ3) is 4.60. The molecule has 2 nitrogen and oxygen atoms in total. The summed E-state index contributed by atoms with van der Waals surface area (Å²) in [5.41, 5.74) is 28.3. The van der Waals surface area contributed by atoms with Crippen LogP contribution in [0.1, 0.15) is 86.9 Å². The van der Waals surface area contributed by atoms with Gasteiger partial charge in [0, 0.05) is 33.6 Å². The predicted octanol–water partition coefficient (Wildman–Crippen LogP) is 16.8. The number of benzene rings is 9. The lowest BCUT2D eigenvalue weighted by atomic mass is 9.70.